The Bertz CT molecular complexity index is 5040. The molecule has 0 aliphatic carbocycles. The van der Waals surface area contributed by atoms with E-state index in [0.29, 0.717) is 69.9 Å². The van der Waals surface area contributed by atoms with Crippen molar-refractivity contribution in [3.05, 3.63) is 126 Å². The highest BCUT2D eigenvalue weighted by Gasteiger charge is 2.44. The maximum absolute atomic E-state index is 15.7. The van der Waals surface area contributed by atoms with Crippen molar-refractivity contribution in [3.8, 4) is 0 Å². The molecule has 8 rings (SSSR count). The number of primary amides is 2. The summed E-state index contributed by atoms with van der Waals surface area (Å²) in [4.78, 5) is 268. The number of ketones is 3. The smallest absolute Gasteiger partial charge is 0.246 e. The van der Waals surface area contributed by atoms with Crippen LogP contribution in [0, 0.1) is 23.2 Å². The van der Waals surface area contributed by atoms with Gasteiger partial charge in [0, 0.05) is 150 Å². The zero-order valence-corrected chi connectivity index (χ0v) is 77.3. The average molecular weight is 1850 g/mol. The molecular weight excluding hydrogens is 1720 g/mol. The number of nitrogens with one attached hydrogen (secondary N) is 12. The normalized spacial score (nSPS) is 23.7. The van der Waals surface area contributed by atoms with Gasteiger partial charge in [0.1, 0.15) is 48.3 Å². The van der Waals surface area contributed by atoms with E-state index in [2.05, 4.69) is 62.5 Å². The third-order valence-corrected chi connectivity index (χ3v) is 25.0. The molecule has 19 N–H and O–H groups in total. The van der Waals surface area contributed by atoms with E-state index < -0.39 is 229 Å². The second-order valence-corrected chi connectivity index (χ2v) is 35.5. The maximum atomic E-state index is 15.7. The number of carbonyl (C=O) groups excluding carboxylic acids is 17. The maximum Gasteiger partial charge on any atom is 0.246 e. The van der Waals surface area contributed by atoms with E-state index in [9.17, 15) is 57.8 Å². The molecule has 0 saturated carbocycles. The third kappa shape index (κ3) is 30.3. The third-order valence-electron chi connectivity index (χ3n) is 24.0. The molecule has 132 heavy (non-hydrogen) atoms. The highest BCUT2D eigenvalue weighted by Crippen LogP contribution is 2.29. The van der Waals surface area contributed by atoms with Gasteiger partial charge in [-0.3, -0.25) is 86.9 Å². The Balaban J connectivity index is 1.18. The minimum absolute atomic E-state index is 0.00632. The fraction of sp³-hybridized carbons (Fsp3) is 0.533. The lowest BCUT2D eigenvalue weighted by molar-refractivity contribution is -0.149. The zero-order chi connectivity index (χ0) is 96.6. The summed E-state index contributed by atoms with van der Waals surface area (Å²) in [5, 5.41) is 42.0. The Morgan fingerprint density at radius 1 is 0.561 bits per heavy atom. The summed E-state index contributed by atoms with van der Waals surface area (Å²) in [6.45, 7) is 6.87. The van der Waals surface area contributed by atoms with Crippen LogP contribution in [0.2, 0.25) is 0 Å². The van der Waals surface area contributed by atoms with Gasteiger partial charge in [-0.05, 0) is 86.6 Å². The van der Waals surface area contributed by atoms with E-state index in [1.54, 1.807) is 105 Å². The molecule has 1 unspecified atom stereocenters. The van der Waals surface area contributed by atoms with E-state index in [0.717, 1.165) is 21.6 Å². The van der Waals surface area contributed by atoms with Gasteiger partial charge in [-0.1, -0.05) is 120 Å². The number of aliphatic hydroxyl groups excluding tert-OH is 1. The van der Waals surface area contributed by atoms with Crippen LogP contribution in [0.15, 0.2) is 104 Å². The first-order valence-corrected chi connectivity index (χ1v) is 46.1. The van der Waals surface area contributed by atoms with Crippen molar-refractivity contribution in [1.29, 1.82) is 5.41 Å². The summed E-state index contributed by atoms with van der Waals surface area (Å²) < 4.78 is 0. The Labute approximate surface area is 771 Å². The number of Topliss-reactive ketones (excluding diaryl/α,β-unsaturated/α-hetero) is 3. The number of guanidine groups is 1. The Hall–Kier alpha value is -12.9. The van der Waals surface area contributed by atoms with Gasteiger partial charge in [0.25, 0.3) is 0 Å². The highest BCUT2D eigenvalue weighted by molar-refractivity contribution is 8.00. The number of nitrogens with two attached hydrogens (primary N) is 3. The number of H-pyrrole nitrogens is 3. The average Bonchev–Trinajstić information content (AvgIpc) is 1.48. The fourth-order valence-electron chi connectivity index (χ4n) is 16.5. The predicted molar refractivity (Wildman–Crippen MR) is 493 cm³/mol. The van der Waals surface area contributed by atoms with Gasteiger partial charge >= 0.3 is 0 Å². The number of aliphatic hydroxyl groups is 1. The van der Waals surface area contributed by atoms with E-state index in [1.165, 1.54) is 62.3 Å². The zero-order valence-electron chi connectivity index (χ0n) is 76.5. The van der Waals surface area contributed by atoms with Crippen molar-refractivity contribution < 1.29 is 86.6 Å². The number of carbonyl (C=O) groups is 17. The summed E-state index contributed by atoms with van der Waals surface area (Å²) in [5.74, 6) is -17.9. The molecule has 2 aliphatic heterocycles. The number of hydrogen-bond donors (Lipinski definition) is 16. The van der Waals surface area contributed by atoms with E-state index in [-0.39, 0.29) is 101 Å². The Morgan fingerprint density at radius 3 is 1.73 bits per heavy atom. The minimum Gasteiger partial charge on any atom is -0.394 e. The van der Waals surface area contributed by atoms with Crippen molar-refractivity contribution in [2.24, 2.45) is 35.0 Å². The van der Waals surface area contributed by atoms with Crippen LogP contribution in [0.1, 0.15) is 160 Å². The van der Waals surface area contributed by atoms with E-state index in [1.807, 2.05) is 13.8 Å². The Kier molecular flexibility index (Phi) is 40.4. The van der Waals surface area contributed by atoms with Crippen LogP contribution in [0.25, 0.3) is 21.8 Å². The van der Waals surface area contributed by atoms with Gasteiger partial charge < -0.3 is 104 Å². The fourth-order valence-corrected chi connectivity index (χ4v) is 17.4. The van der Waals surface area contributed by atoms with Gasteiger partial charge in [-0.2, -0.15) is 0 Å². The number of para-hydroxylation sites is 2. The molecule has 716 valence electrons. The van der Waals surface area contributed by atoms with Crippen molar-refractivity contribution in [2.75, 3.05) is 65.9 Å². The molecule has 0 radical (unpaired) electrons. The van der Waals surface area contributed by atoms with Crippen LogP contribution in [0.3, 0.4) is 0 Å². The standard InChI is InChI=1S/C92H129N21O18S/c1-10-12-30-72-76(116)42-56(25-21-35-98-92(95)96)83(123)108-71(75(115)33-34-78(93)118)50-132-51-81(121)103-67(38-55-23-15-14-16-24-55)88(128)110(7)54(5)82(122)104-69(44-79(94)119)90(130)113-36-22-32-73(113)77(117)43-57(39-60-47-97-52-101-60)84(124)105-66(37-53(3)4)87(127)109(6)48-80(120)102-65(40-58-45-99-63-28-19-17-26-61(58)63)85(125)107-70(49-114)86(126)106-68(41-59-46-100-64-29-20-18-27-62(59)64)89(129)112(9)74(31-13-11-2)91(131)111(72)8/h14-20,23-24,26-29,45-47,52-54,56-57,65-74,99-100,114H,10-13,21-22,25,30-44,48-51H2,1-9H3,(H2,93,118)(H2,94,119)(H,97,101)(H,102,120)(H,103,121)(H,104,122)(H,105,124)(H,106,126)(H,107,125)(H,108,123)(H4,95,96,98)/t54-,56+,57+,65-,66-,67-,68-,69-,70-,71-,72-,73?,74-/m0/s1. The first-order chi connectivity index (χ1) is 62.9. The molecule has 2 aliphatic rings. The quantitative estimate of drug-likeness (QED) is 0.0196. The topological polar surface area (TPSA) is 585 Å². The molecule has 0 spiro atoms. The molecule has 40 heteroatoms. The second-order valence-electron chi connectivity index (χ2n) is 34.5. The summed E-state index contributed by atoms with van der Waals surface area (Å²) in [5.41, 5.74) is 20.3. The molecule has 14 amide bonds. The van der Waals surface area contributed by atoms with Crippen LogP contribution in [-0.2, 0) is 107 Å². The van der Waals surface area contributed by atoms with Crippen LogP contribution < -0.4 is 59.7 Å². The number of fused-ring (bicyclic) bond motifs is 3. The van der Waals surface area contributed by atoms with Gasteiger partial charge in [0.15, 0.2) is 23.3 Å². The van der Waals surface area contributed by atoms with Crippen LogP contribution in [0.4, 0.5) is 0 Å². The molecule has 5 heterocycles. The molecule has 6 aromatic rings. The second kappa shape index (κ2) is 51.1. The number of aromatic nitrogens is 4. The molecule has 2 saturated heterocycles. The summed E-state index contributed by atoms with van der Waals surface area (Å²) in [6, 6.07) is 6.70. The number of thioether (sulfide) groups is 1. The highest BCUT2D eigenvalue weighted by atomic mass is 32.2. The van der Waals surface area contributed by atoms with Gasteiger partial charge in [0.05, 0.1) is 55.7 Å². The van der Waals surface area contributed by atoms with Crippen molar-refractivity contribution in [3.63, 3.8) is 0 Å². The lowest BCUT2D eigenvalue weighted by Crippen LogP contribution is -2.60. The summed E-state index contributed by atoms with van der Waals surface area (Å²) >= 11 is 0.859. The number of nitrogens with zero attached hydrogens (tertiary/aromatic N) is 6. The predicted octanol–water partition coefficient (Wildman–Crippen LogP) is 1.28. The lowest BCUT2D eigenvalue weighted by Gasteiger charge is -2.36. The monoisotopic (exact) mass is 1850 g/mol. The largest absolute Gasteiger partial charge is 0.394 e. The molecule has 39 nitrogen and oxygen atoms in total. The number of amides is 14. The van der Waals surface area contributed by atoms with Crippen LogP contribution >= 0.6 is 11.8 Å². The van der Waals surface area contributed by atoms with Crippen LogP contribution in [-0.4, -0.2) is 288 Å². The number of aromatic amines is 3. The van der Waals surface area contributed by atoms with Gasteiger partial charge in [-0.15, -0.1) is 11.8 Å². The number of imidazole rings is 1. The molecule has 13 atom stereocenters. The Morgan fingerprint density at radius 2 is 1.12 bits per heavy atom. The van der Waals surface area contributed by atoms with E-state index >= 15 is 28.8 Å². The number of benzene rings is 3. The summed E-state index contributed by atoms with van der Waals surface area (Å²) in [7, 11) is 5.36. The number of rotatable bonds is 27. The van der Waals surface area contributed by atoms with Crippen molar-refractivity contribution >= 4 is 140 Å². The molecule has 0 bridgehead atoms. The van der Waals surface area contributed by atoms with E-state index in [4.69, 9.17) is 22.6 Å². The molecule has 3 aromatic carbocycles. The van der Waals surface area contributed by atoms with Gasteiger partial charge in [0.2, 0.25) is 82.7 Å². The first kappa shape index (κ1) is 104. The first-order valence-electron chi connectivity index (χ1n) is 44.9. The van der Waals surface area contributed by atoms with Crippen molar-refractivity contribution in [2.45, 2.75) is 229 Å². The lowest BCUT2D eigenvalue weighted by atomic mass is 9.90. The SMILES string of the molecule is CCCC[C@H]1C(=O)N(C)[C@@H](CCCC)C(=O)C[C@@H](CCCNC(=N)N)C(=O)N[C@H](C(=O)CCC(N)=O)CSCC(=O)N[C@@H](Cc2ccccc2)C(=O)N(C)[C@@H](C)C(=O)N[C@@H](CC(N)=O)C(=O)N2CCCC2C(=O)C[C@@H](Cc2cnc[nH]2)C(=O)N[C@@H](CC(C)C)C(=O)N(C)CC(=O)N[C@@H](Cc2c[nH]c3ccccc23)C(=O)N[C@@H](CO)C(=O)N[C@@H](Cc2c[nH]c3ccccc23)C(=O)N1C. The summed E-state index contributed by atoms with van der Waals surface area (Å²) in [6.07, 6.45) is 4.92. The molecular formula is C92H129N21O18S. The number of unbranched alkanes of at least 4 members (excludes halogenated alkanes) is 2. The minimum atomic E-state index is -1.83. The van der Waals surface area contributed by atoms with Crippen molar-refractivity contribution in [1.82, 2.24) is 87.0 Å². The number of likely N-dealkylation sites (N-methyl/N-ethyl adjacent to an activating group) is 4. The molecule has 3 aromatic heterocycles. The van der Waals surface area contributed by atoms with Gasteiger partial charge in [-0.25, -0.2) is 4.98 Å². The molecule has 2 fully saturated rings. The van der Waals surface area contributed by atoms with Crippen LogP contribution in [0.5, 0.6) is 0 Å². The number of hydrogen-bond acceptors (Lipinski definition) is 21.